The summed E-state index contributed by atoms with van der Waals surface area (Å²) in [5.74, 6) is -0.127. The zero-order chi connectivity index (χ0) is 19.3. The number of hydrogen-bond acceptors (Lipinski definition) is 7. The van der Waals surface area contributed by atoms with Crippen LogP contribution in [0.15, 0.2) is 59.3 Å². The molecule has 0 radical (unpaired) electrons. The van der Waals surface area contributed by atoms with E-state index in [4.69, 9.17) is 10.2 Å². The maximum atomic E-state index is 11.9. The van der Waals surface area contributed by atoms with Gasteiger partial charge in [-0.25, -0.2) is 9.78 Å². The quantitative estimate of drug-likeness (QED) is 0.486. The van der Waals surface area contributed by atoms with Gasteiger partial charge in [0, 0.05) is 6.20 Å². The van der Waals surface area contributed by atoms with Crippen LogP contribution in [0.5, 0.6) is 0 Å². The maximum absolute atomic E-state index is 11.9. The number of rotatable bonds is 4. The van der Waals surface area contributed by atoms with Crippen molar-refractivity contribution in [3.05, 3.63) is 60.5 Å². The van der Waals surface area contributed by atoms with Gasteiger partial charge in [-0.3, -0.25) is 4.68 Å². The van der Waals surface area contributed by atoms with E-state index in [-0.39, 0.29) is 11.6 Å². The van der Waals surface area contributed by atoms with Crippen molar-refractivity contribution in [2.45, 2.75) is 6.04 Å². The van der Waals surface area contributed by atoms with Crippen LogP contribution in [-0.2, 0) is 4.79 Å². The van der Waals surface area contributed by atoms with Crippen molar-refractivity contribution in [1.29, 1.82) is 0 Å². The number of carboxylic acids is 1. The molecule has 4 aromatic heterocycles. The average molecular weight is 375 g/mol. The molecule has 0 aliphatic rings. The first-order valence-electron chi connectivity index (χ1n) is 8.34. The van der Waals surface area contributed by atoms with Crippen LogP contribution in [0.1, 0.15) is 11.6 Å². The van der Waals surface area contributed by atoms with Crippen molar-refractivity contribution >= 4 is 28.6 Å². The Bertz CT molecular complexity index is 1310. The number of hydrogen-bond donors (Lipinski definition) is 2. The van der Waals surface area contributed by atoms with Crippen LogP contribution in [0.4, 0.5) is 5.95 Å². The van der Waals surface area contributed by atoms with Crippen LogP contribution in [0.25, 0.3) is 28.3 Å². The number of nitrogens with two attached hydrogens (primary N) is 1. The molecular formula is C18H13N7O3. The van der Waals surface area contributed by atoms with Crippen LogP contribution in [-0.4, -0.2) is 40.4 Å². The Hall–Kier alpha value is -4.21. The maximum Gasteiger partial charge on any atom is 0.333 e. The summed E-state index contributed by atoms with van der Waals surface area (Å²) >= 11 is 0. The lowest BCUT2D eigenvalue weighted by molar-refractivity contribution is -0.139. The predicted molar refractivity (Wildman–Crippen MR) is 98.4 cm³/mol. The normalized spacial score (nSPS) is 12.6. The van der Waals surface area contributed by atoms with Gasteiger partial charge in [-0.1, -0.05) is 30.3 Å². The smallest absolute Gasteiger partial charge is 0.333 e. The molecule has 1 aromatic carbocycles. The largest absolute Gasteiger partial charge is 0.479 e. The molecule has 0 amide bonds. The Morgan fingerprint density at radius 1 is 1.11 bits per heavy atom. The number of aromatic nitrogens is 6. The van der Waals surface area contributed by atoms with Gasteiger partial charge in [0.2, 0.25) is 11.8 Å². The molecular weight excluding hydrogens is 362 g/mol. The van der Waals surface area contributed by atoms with Gasteiger partial charge in [0.25, 0.3) is 0 Å². The molecule has 0 saturated carbocycles. The highest BCUT2D eigenvalue weighted by Gasteiger charge is 2.25. The van der Waals surface area contributed by atoms with Crippen molar-refractivity contribution in [3.8, 4) is 11.6 Å². The summed E-state index contributed by atoms with van der Waals surface area (Å²) in [6, 6.07) is 11.3. The number of fused-ring (bicyclic) bond motifs is 3. The van der Waals surface area contributed by atoms with Crippen molar-refractivity contribution in [3.63, 3.8) is 0 Å². The number of nitrogen functional groups attached to an aromatic ring is 1. The molecule has 4 heterocycles. The molecule has 28 heavy (non-hydrogen) atoms. The summed E-state index contributed by atoms with van der Waals surface area (Å²) in [6.45, 7) is 0. The first-order chi connectivity index (χ1) is 13.6. The molecule has 0 aliphatic carbocycles. The van der Waals surface area contributed by atoms with Crippen LogP contribution >= 0.6 is 0 Å². The Kier molecular flexibility index (Phi) is 3.38. The molecule has 138 valence electrons. The molecule has 5 rings (SSSR count). The molecule has 3 N–H and O–H groups in total. The average Bonchev–Trinajstić information content (AvgIpc) is 3.41. The third-order valence-corrected chi connectivity index (χ3v) is 4.35. The Morgan fingerprint density at radius 3 is 2.64 bits per heavy atom. The third kappa shape index (κ3) is 2.39. The zero-order valence-corrected chi connectivity index (χ0v) is 14.3. The fourth-order valence-electron chi connectivity index (χ4n) is 3.11. The minimum absolute atomic E-state index is 0.0876. The molecule has 10 nitrogen and oxygen atoms in total. The minimum atomic E-state index is -1.04. The Morgan fingerprint density at radius 2 is 1.93 bits per heavy atom. The summed E-state index contributed by atoms with van der Waals surface area (Å²) in [4.78, 5) is 20.6. The highest BCUT2D eigenvalue weighted by atomic mass is 16.4. The van der Waals surface area contributed by atoms with E-state index >= 15 is 0 Å². The van der Waals surface area contributed by atoms with Gasteiger partial charge in [-0.2, -0.15) is 14.6 Å². The first-order valence-corrected chi connectivity index (χ1v) is 8.34. The SMILES string of the molecule is Nc1nc2nn(C(C(=O)O)c3ccccc3)cc2c2nc(-c3ccco3)nn12. The molecule has 0 fully saturated rings. The lowest BCUT2D eigenvalue weighted by atomic mass is 10.1. The van der Waals surface area contributed by atoms with E-state index in [9.17, 15) is 9.90 Å². The lowest BCUT2D eigenvalue weighted by Gasteiger charge is -2.12. The van der Waals surface area contributed by atoms with E-state index in [1.54, 1.807) is 42.6 Å². The number of carbonyl (C=O) groups is 1. The zero-order valence-electron chi connectivity index (χ0n) is 14.3. The van der Waals surface area contributed by atoms with Gasteiger partial charge < -0.3 is 15.3 Å². The molecule has 0 aliphatic heterocycles. The van der Waals surface area contributed by atoms with E-state index in [2.05, 4.69) is 20.2 Å². The highest BCUT2D eigenvalue weighted by molar-refractivity contribution is 5.90. The molecule has 10 heteroatoms. The van der Waals surface area contributed by atoms with Gasteiger partial charge >= 0.3 is 5.97 Å². The number of benzene rings is 1. The van der Waals surface area contributed by atoms with Gasteiger partial charge in [0.15, 0.2) is 23.1 Å². The van der Waals surface area contributed by atoms with Crippen molar-refractivity contribution in [2.24, 2.45) is 0 Å². The van der Waals surface area contributed by atoms with Gasteiger partial charge in [0.05, 0.1) is 11.6 Å². The van der Waals surface area contributed by atoms with E-state index < -0.39 is 12.0 Å². The third-order valence-electron chi connectivity index (χ3n) is 4.35. The number of anilines is 1. The van der Waals surface area contributed by atoms with Crippen LogP contribution in [0.3, 0.4) is 0 Å². The number of furan rings is 1. The Labute approximate surface area is 156 Å². The summed E-state index contributed by atoms with van der Waals surface area (Å²) in [5, 5.41) is 18.9. The molecule has 0 spiro atoms. The van der Waals surface area contributed by atoms with Gasteiger partial charge in [0.1, 0.15) is 0 Å². The summed E-state index contributed by atoms with van der Waals surface area (Å²) in [6.07, 6.45) is 3.11. The van der Waals surface area contributed by atoms with Crippen LogP contribution in [0, 0.1) is 0 Å². The van der Waals surface area contributed by atoms with E-state index in [1.807, 2.05) is 6.07 Å². The molecule has 1 atom stereocenters. The van der Waals surface area contributed by atoms with Gasteiger partial charge in [-0.15, -0.1) is 5.10 Å². The minimum Gasteiger partial charge on any atom is -0.479 e. The summed E-state index contributed by atoms with van der Waals surface area (Å²) < 4.78 is 8.06. The van der Waals surface area contributed by atoms with Crippen molar-refractivity contribution in [2.75, 3.05) is 5.73 Å². The number of carboxylic acid groups (broad SMARTS) is 1. The van der Waals surface area contributed by atoms with Crippen molar-refractivity contribution < 1.29 is 14.3 Å². The predicted octanol–water partition coefficient (Wildman–Crippen LogP) is 1.99. The number of nitrogens with zero attached hydrogens (tertiary/aromatic N) is 6. The van der Waals surface area contributed by atoms with Crippen LogP contribution in [0.2, 0.25) is 0 Å². The van der Waals surface area contributed by atoms with E-state index in [0.29, 0.717) is 28.2 Å². The van der Waals surface area contributed by atoms with E-state index in [1.165, 1.54) is 15.5 Å². The highest BCUT2D eigenvalue weighted by Crippen LogP contribution is 2.26. The van der Waals surface area contributed by atoms with Crippen molar-refractivity contribution in [1.82, 2.24) is 29.4 Å². The topological polar surface area (TPSA) is 137 Å². The molecule has 0 bridgehead atoms. The molecule has 1 unspecified atom stereocenters. The fourth-order valence-corrected chi connectivity index (χ4v) is 3.11. The summed E-state index contributed by atoms with van der Waals surface area (Å²) in [7, 11) is 0. The molecule has 0 saturated heterocycles. The lowest BCUT2D eigenvalue weighted by Crippen LogP contribution is -2.20. The second-order valence-electron chi connectivity index (χ2n) is 6.12. The Balaban J connectivity index is 1.72. The van der Waals surface area contributed by atoms with Crippen LogP contribution < -0.4 is 5.73 Å². The van der Waals surface area contributed by atoms with E-state index in [0.717, 1.165) is 0 Å². The standard InChI is InChI=1S/C18H13N7O3/c19-18-21-14-11(16-20-15(23-25(16)18)12-7-4-8-28-12)9-24(22-14)13(17(26)27)10-5-2-1-3-6-10/h1-9,13H,(H,26,27)(H2,19,21,22). The first kappa shape index (κ1) is 16.0. The molecule has 5 aromatic rings. The summed E-state index contributed by atoms with van der Waals surface area (Å²) in [5.41, 5.74) is 7.28. The number of aliphatic carboxylic acids is 1. The fraction of sp³-hybridized carbons (Fsp3) is 0.0556. The monoisotopic (exact) mass is 375 g/mol. The second-order valence-corrected chi connectivity index (χ2v) is 6.12. The second kappa shape index (κ2) is 5.91. The van der Waals surface area contributed by atoms with Gasteiger partial charge in [-0.05, 0) is 17.7 Å².